The van der Waals surface area contributed by atoms with Gasteiger partial charge in [0.2, 0.25) is 0 Å². The smallest absolute Gasteiger partial charge is 0.174 e. The number of nitrogens with two attached hydrogens (primary N) is 2. The predicted octanol–water partition coefficient (Wildman–Crippen LogP) is 5.39. The Balaban J connectivity index is 1.76. The lowest BCUT2D eigenvalue weighted by atomic mass is 9.50. The molecular weight excluding hydrogens is 372 g/mol. The van der Waals surface area contributed by atoms with Crippen molar-refractivity contribution in [3.05, 3.63) is 24.2 Å². The number of carbonyl (C=O) groups is 1. The van der Waals surface area contributed by atoms with E-state index >= 15 is 0 Å². The molecule has 3 saturated carbocycles. The van der Waals surface area contributed by atoms with E-state index in [0.717, 1.165) is 23.7 Å². The number of hydrogen-bond acceptors (Lipinski definition) is 4. The molecule has 30 heavy (non-hydrogen) atoms. The van der Waals surface area contributed by atoms with Crippen molar-refractivity contribution in [2.75, 3.05) is 6.61 Å². The van der Waals surface area contributed by atoms with Crippen LogP contribution >= 0.6 is 0 Å². The summed E-state index contributed by atoms with van der Waals surface area (Å²) in [7, 11) is 0. The second-order valence-corrected chi connectivity index (χ2v) is 10.6. The second-order valence-electron chi connectivity index (χ2n) is 10.6. The first-order chi connectivity index (χ1) is 14.4. The molecule has 4 nitrogen and oxygen atoms in total. The molecule has 8 unspecified atom stereocenters. The van der Waals surface area contributed by atoms with Crippen molar-refractivity contribution >= 4 is 5.78 Å². The standard InChI is InChI=1S/C26H44N2O2/c1-5-7-20-18(6-2)8-9-22-21(20)10-12-26(4)23(22)14-17(3)25(26)24(29)16-30-19(15-28)11-13-27/h11,13,15,17-18,20-23,25H,5-10,12,14,16,27-28H2,1-4H3/b13-11-,19-15+. The van der Waals surface area contributed by atoms with Crippen LogP contribution in [0.5, 0.6) is 0 Å². The SMILES string of the molecule is CCCC1C(CC)CCC2C1CCC1(C)C2CC(C)C1C(=O)COC(/C=C\N)=C/N. The molecule has 8 atom stereocenters. The third-order valence-corrected chi connectivity index (χ3v) is 9.16. The van der Waals surface area contributed by atoms with Gasteiger partial charge in [-0.15, -0.1) is 0 Å². The molecule has 3 rings (SSSR count). The Bertz CT molecular complexity index is 657. The zero-order valence-electron chi connectivity index (χ0n) is 19.6. The fourth-order valence-corrected chi connectivity index (χ4v) is 8.06. The van der Waals surface area contributed by atoms with Gasteiger partial charge >= 0.3 is 0 Å². The van der Waals surface area contributed by atoms with Crippen LogP contribution in [0.2, 0.25) is 0 Å². The Kier molecular flexibility index (Phi) is 7.57. The highest BCUT2D eigenvalue weighted by molar-refractivity contribution is 5.84. The van der Waals surface area contributed by atoms with E-state index in [0.29, 0.717) is 17.6 Å². The summed E-state index contributed by atoms with van der Waals surface area (Å²) in [5, 5.41) is 0. The molecule has 4 N–H and O–H groups in total. The molecule has 0 radical (unpaired) electrons. The Labute approximate surface area is 183 Å². The molecule has 0 amide bonds. The van der Waals surface area contributed by atoms with Gasteiger partial charge in [0.1, 0.15) is 12.4 Å². The Hall–Kier alpha value is -1.45. The fourth-order valence-electron chi connectivity index (χ4n) is 8.06. The lowest BCUT2D eigenvalue weighted by molar-refractivity contribution is -0.134. The van der Waals surface area contributed by atoms with Gasteiger partial charge in [-0.25, -0.2) is 0 Å². The summed E-state index contributed by atoms with van der Waals surface area (Å²) in [5.41, 5.74) is 11.1. The van der Waals surface area contributed by atoms with E-state index in [4.69, 9.17) is 16.2 Å². The van der Waals surface area contributed by atoms with E-state index in [9.17, 15) is 4.79 Å². The molecule has 0 heterocycles. The van der Waals surface area contributed by atoms with Crippen LogP contribution in [0.1, 0.15) is 79.1 Å². The van der Waals surface area contributed by atoms with Crippen molar-refractivity contribution in [2.45, 2.75) is 79.1 Å². The van der Waals surface area contributed by atoms with E-state index in [-0.39, 0.29) is 23.7 Å². The average Bonchev–Trinajstić information content (AvgIpc) is 3.01. The summed E-state index contributed by atoms with van der Waals surface area (Å²) in [6, 6.07) is 0. The van der Waals surface area contributed by atoms with Gasteiger partial charge in [0.25, 0.3) is 0 Å². The molecule has 0 bridgehead atoms. The maximum atomic E-state index is 13.3. The van der Waals surface area contributed by atoms with Crippen molar-refractivity contribution in [1.29, 1.82) is 0 Å². The van der Waals surface area contributed by atoms with Gasteiger partial charge < -0.3 is 16.2 Å². The van der Waals surface area contributed by atoms with Crippen molar-refractivity contribution < 1.29 is 9.53 Å². The monoisotopic (exact) mass is 416 g/mol. The number of hydrogen-bond donors (Lipinski definition) is 2. The zero-order valence-corrected chi connectivity index (χ0v) is 19.6. The summed E-state index contributed by atoms with van der Waals surface area (Å²) in [5.74, 6) is 5.41. The molecule has 170 valence electrons. The van der Waals surface area contributed by atoms with Crippen molar-refractivity contribution in [2.24, 2.45) is 58.3 Å². The van der Waals surface area contributed by atoms with E-state index in [1.807, 2.05) is 0 Å². The van der Waals surface area contributed by atoms with Gasteiger partial charge in [0.05, 0.1) is 0 Å². The quantitative estimate of drug-likeness (QED) is 0.411. The molecule has 0 aromatic rings. The van der Waals surface area contributed by atoms with Crippen LogP contribution in [0.4, 0.5) is 0 Å². The van der Waals surface area contributed by atoms with Gasteiger partial charge in [-0.3, -0.25) is 4.79 Å². The molecular formula is C26H44N2O2. The molecule has 3 aliphatic carbocycles. The number of Topliss-reactive ketones (excluding diaryl/α,β-unsaturated/α-hetero) is 1. The summed E-state index contributed by atoms with van der Waals surface area (Å²) < 4.78 is 5.68. The highest BCUT2D eigenvalue weighted by Crippen LogP contribution is 2.65. The summed E-state index contributed by atoms with van der Waals surface area (Å²) in [4.78, 5) is 13.3. The summed E-state index contributed by atoms with van der Waals surface area (Å²) >= 11 is 0. The minimum Gasteiger partial charge on any atom is -0.484 e. The molecule has 0 aromatic heterocycles. The van der Waals surface area contributed by atoms with Crippen LogP contribution in [-0.4, -0.2) is 12.4 Å². The number of ketones is 1. The first kappa shape index (κ1) is 23.2. The number of fused-ring (bicyclic) bond motifs is 3. The minimum absolute atomic E-state index is 0.0924. The number of carbonyl (C=O) groups excluding carboxylic acids is 1. The van der Waals surface area contributed by atoms with Crippen LogP contribution in [0, 0.1) is 46.8 Å². The van der Waals surface area contributed by atoms with Crippen LogP contribution in [0.15, 0.2) is 24.2 Å². The van der Waals surface area contributed by atoms with Crippen molar-refractivity contribution in [3.63, 3.8) is 0 Å². The molecule has 3 fully saturated rings. The molecule has 0 saturated heterocycles. The van der Waals surface area contributed by atoms with Crippen LogP contribution < -0.4 is 11.5 Å². The Morgan fingerprint density at radius 1 is 1.17 bits per heavy atom. The highest BCUT2D eigenvalue weighted by Gasteiger charge is 2.60. The van der Waals surface area contributed by atoms with E-state index in [1.54, 1.807) is 6.08 Å². The molecule has 4 heteroatoms. The molecule has 0 aromatic carbocycles. The number of rotatable bonds is 8. The zero-order chi connectivity index (χ0) is 21.9. The lowest BCUT2D eigenvalue weighted by Gasteiger charge is -2.54. The van der Waals surface area contributed by atoms with Gasteiger partial charge in [0, 0.05) is 12.1 Å². The maximum Gasteiger partial charge on any atom is 0.174 e. The predicted molar refractivity (Wildman–Crippen MR) is 123 cm³/mol. The van der Waals surface area contributed by atoms with Gasteiger partial charge in [-0.2, -0.15) is 0 Å². The van der Waals surface area contributed by atoms with Crippen molar-refractivity contribution in [1.82, 2.24) is 0 Å². The Morgan fingerprint density at radius 2 is 1.93 bits per heavy atom. The Morgan fingerprint density at radius 3 is 2.57 bits per heavy atom. The van der Waals surface area contributed by atoms with Crippen LogP contribution in [0.25, 0.3) is 0 Å². The van der Waals surface area contributed by atoms with Crippen LogP contribution in [0.3, 0.4) is 0 Å². The van der Waals surface area contributed by atoms with Crippen molar-refractivity contribution in [3.8, 4) is 0 Å². The fraction of sp³-hybridized carbons (Fsp3) is 0.808. The maximum absolute atomic E-state index is 13.3. The molecule has 0 aliphatic heterocycles. The normalized spacial score (nSPS) is 41.5. The highest BCUT2D eigenvalue weighted by atomic mass is 16.5. The largest absolute Gasteiger partial charge is 0.484 e. The third-order valence-electron chi connectivity index (χ3n) is 9.16. The van der Waals surface area contributed by atoms with Gasteiger partial charge in [0.15, 0.2) is 5.78 Å². The lowest BCUT2D eigenvalue weighted by Crippen LogP contribution is -2.48. The first-order valence-corrected chi connectivity index (χ1v) is 12.4. The van der Waals surface area contributed by atoms with E-state index in [2.05, 4.69) is 27.7 Å². The van der Waals surface area contributed by atoms with E-state index in [1.165, 1.54) is 63.8 Å². The topological polar surface area (TPSA) is 78.3 Å². The van der Waals surface area contributed by atoms with Crippen LogP contribution in [-0.2, 0) is 9.53 Å². The molecule has 3 aliphatic rings. The number of allylic oxidation sites excluding steroid dienone is 1. The summed E-state index contributed by atoms with van der Waals surface area (Å²) in [6.07, 6.45) is 14.8. The third kappa shape index (κ3) is 4.16. The first-order valence-electron chi connectivity index (χ1n) is 12.4. The summed E-state index contributed by atoms with van der Waals surface area (Å²) in [6.45, 7) is 9.54. The molecule has 0 spiro atoms. The number of ether oxygens (including phenoxy) is 1. The minimum atomic E-state index is 0.0924. The second kappa shape index (κ2) is 9.78. The average molecular weight is 417 g/mol. The van der Waals surface area contributed by atoms with Gasteiger partial charge in [-0.05, 0) is 85.3 Å². The van der Waals surface area contributed by atoms with Gasteiger partial charge in [-0.1, -0.05) is 47.0 Å². The van der Waals surface area contributed by atoms with E-state index < -0.39 is 0 Å².